The number of hydrazine groups is 1. The first-order valence-electron chi connectivity index (χ1n) is 5.50. The second-order valence-corrected chi connectivity index (χ2v) is 7.97. The molecule has 1 heterocycles. The molecule has 2 rings (SSSR count). The molecule has 1 aromatic heterocycles. The van der Waals surface area contributed by atoms with Crippen molar-refractivity contribution in [2.45, 2.75) is 4.21 Å². The van der Waals surface area contributed by atoms with E-state index in [4.69, 9.17) is 39.9 Å². The van der Waals surface area contributed by atoms with E-state index in [1.165, 1.54) is 23.6 Å². The number of benzene rings is 1. The summed E-state index contributed by atoms with van der Waals surface area (Å²) < 4.78 is 22.2. The van der Waals surface area contributed by atoms with Gasteiger partial charge in [-0.1, -0.05) is 34.8 Å². The van der Waals surface area contributed by atoms with E-state index in [1.54, 1.807) is 0 Å². The van der Waals surface area contributed by atoms with Crippen LogP contribution in [0.4, 0.5) is 5.69 Å². The van der Waals surface area contributed by atoms with Crippen LogP contribution in [-0.2, 0) is 10.0 Å². The van der Waals surface area contributed by atoms with Gasteiger partial charge in [0.05, 0.1) is 21.3 Å². The lowest BCUT2D eigenvalue weighted by Gasteiger charge is -2.11. The number of amides is 1. The monoisotopic (exact) mass is 399 g/mol. The van der Waals surface area contributed by atoms with Crippen molar-refractivity contribution < 1.29 is 13.2 Å². The van der Waals surface area contributed by atoms with E-state index >= 15 is 0 Å². The SMILES string of the molecule is NS(=O)(=O)c1cc(C(=O)NNc2c(Cl)cc(Cl)cc2Cl)cs1. The standard InChI is InChI=1S/C11H8Cl3N3O3S2/c12-6-2-7(13)10(8(14)3-6)16-17-11(18)5-1-9(21-4-5)22(15,19)20/h1-4,16H,(H,17,18)(H2,15,19,20). The van der Waals surface area contributed by atoms with Gasteiger partial charge in [0.2, 0.25) is 10.0 Å². The highest BCUT2D eigenvalue weighted by molar-refractivity contribution is 7.91. The van der Waals surface area contributed by atoms with Gasteiger partial charge in [-0.15, -0.1) is 11.3 Å². The molecule has 2 aromatic rings. The van der Waals surface area contributed by atoms with Crippen LogP contribution in [0.3, 0.4) is 0 Å². The molecule has 11 heteroatoms. The average Bonchev–Trinajstić information content (AvgIpc) is 2.86. The summed E-state index contributed by atoms with van der Waals surface area (Å²) in [6, 6.07) is 4.07. The molecule has 0 spiro atoms. The van der Waals surface area contributed by atoms with E-state index in [0.29, 0.717) is 5.02 Å². The quantitative estimate of drug-likeness (QED) is 0.686. The molecule has 0 atom stereocenters. The van der Waals surface area contributed by atoms with Gasteiger partial charge in [-0.3, -0.25) is 15.6 Å². The highest BCUT2D eigenvalue weighted by Gasteiger charge is 2.16. The topological polar surface area (TPSA) is 101 Å². The minimum atomic E-state index is -3.84. The number of sulfonamides is 1. The first kappa shape index (κ1) is 17.3. The molecule has 0 aliphatic heterocycles. The normalized spacial score (nSPS) is 11.3. The van der Waals surface area contributed by atoms with E-state index in [1.807, 2.05) is 0 Å². The summed E-state index contributed by atoms with van der Waals surface area (Å²) in [5.41, 5.74) is 5.30. The number of hydrogen-bond acceptors (Lipinski definition) is 5. The average molecular weight is 401 g/mol. The molecule has 6 nitrogen and oxygen atoms in total. The maximum absolute atomic E-state index is 11.9. The highest BCUT2D eigenvalue weighted by Crippen LogP contribution is 2.33. The molecule has 0 aliphatic rings. The van der Waals surface area contributed by atoms with Crippen LogP contribution in [0.1, 0.15) is 10.4 Å². The minimum absolute atomic E-state index is 0.111. The van der Waals surface area contributed by atoms with Crippen molar-refractivity contribution in [2.75, 3.05) is 5.43 Å². The zero-order valence-electron chi connectivity index (χ0n) is 10.6. The molecular weight excluding hydrogens is 393 g/mol. The van der Waals surface area contributed by atoms with Gasteiger partial charge < -0.3 is 0 Å². The lowest BCUT2D eigenvalue weighted by atomic mass is 10.3. The van der Waals surface area contributed by atoms with Gasteiger partial charge in [0, 0.05) is 10.4 Å². The van der Waals surface area contributed by atoms with Crippen LogP contribution in [-0.4, -0.2) is 14.3 Å². The fourth-order valence-corrected chi connectivity index (χ4v) is 3.93. The molecule has 0 radical (unpaired) electrons. The Morgan fingerprint density at radius 3 is 2.23 bits per heavy atom. The number of halogens is 3. The number of nitrogens with one attached hydrogen (secondary N) is 2. The van der Waals surface area contributed by atoms with Gasteiger partial charge in [0.15, 0.2) is 0 Å². The molecule has 0 fully saturated rings. The maximum atomic E-state index is 11.9. The molecule has 1 aromatic carbocycles. The molecule has 0 bridgehead atoms. The van der Waals surface area contributed by atoms with Crippen LogP contribution < -0.4 is 16.0 Å². The van der Waals surface area contributed by atoms with Gasteiger partial charge in [0.1, 0.15) is 4.21 Å². The third-order valence-electron chi connectivity index (χ3n) is 2.43. The van der Waals surface area contributed by atoms with E-state index in [0.717, 1.165) is 11.3 Å². The molecule has 118 valence electrons. The summed E-state index contributed by atoms with van der Waals surface area (Å²) in [6.45, 7) is 0. The van der Waals surface area contributed by atoms with E-state index in [-0.39, 0.29) is 25.5 Å². The second-order valence-electron chi connectivity index (χ2n) is 4.02. The van der Waals surface area contributed by atoms with Crippen LogP contribution in [0, 0.1) is 0 Å². The number of thiophene rings is 1. The predicted molar refractivity (Wildman–Crippen MR) is 88.3 cm³/mol. The number of hydrogen-bond donors (Lipinski definition) is 3. The second kappa shape index (κ2) is 6.61. The fourth-order valence-electron chi connectivity index (χ4n) is 1.44. The minimum Gasteiger partial charge on any atom is -0.295 e. The maximum Gasteiger partial charge on any atom is 0.270 e. The Balaban J connectivity index is 2.12. The lowest BCUT2D eigenvalue weighted by molar-refractivity contribution is 0.0963. The van der Waals surface area contributed by atoms with Crippen molar-refractivity contribution in [1.82, 2.24) is 5.43 Å². The Bertz CT molecular complexity index is 813. The highest BCUT2D eigenvalue weighted by atomic mass is 35.5. The number of anilines is 1. The largest absolute Gasteiger partial charge is 0.295 e. The molecule has 0 saturated carbocycles. The van der Waals surface area contributed by atoms with E-state index in [2.05, 4.69) is 10.9 Å². The van der Waals surface area contributed by atoms with Crippen LogP contribution in [0.2, 0.25) is 15.1 Å². The number of carbonyl (C=O) groups is 1. The lowest BCUT2D eigenvalue weighted by Crippen LogP contribution is -2.29. The van der Waals surface area contributed by atoms with Gasteiger partial charge in [-0.2, -0.15) is 0 Å². The first-order valence-corrected chi connectivity index (χ1v) is 9.06. The van der Waals surface area contributed by atoms with Gasteiger partial charge >= 0.3 is 0 Å². The summed E-state index contributed by atoms with van der Waals surface area (Å²) >= 11 is 18.5. The van der Waals surface area contributed by atoms with Crippen molar-refractivity contribution in [1.29, 1.82) is 0 Å². The molecule has 0 aliphatic carbocycles. The number of nitrogens with two attached hydrogens (primary N) is 1. The summed E-state index contributed by atoms with van der Waals surface area (Å²) in [5, 5.41) is 7.12. The molecule has 1 amide bonds. The fraction of sp³-hybridized carbons (Fsp3) is 0. The van der Waals surface area contributed by atoms with Gasteiger partial charge in [-0.05, 0) is 18.2 Å². The third-order valence-corrected chi connectivity index (χ3v) is 5.63. The number of rotatable bonds is 4. The first-order chi connectivity index (χ1) is 10.2. The Morgan fingerprint density at radius 2 is 1.73 bits per heavy atom. The Morgan fingerprint density at radius 1 is 1.14 bits per heavy atom. The zero-order chi connectivity index (χ0) is 16.5. The third kappa shape index (κ3) is 4.03. The molecule has 4 N–H and O–H groups in total. The predicted octanol–water partition coefficient (Wildman–Crippen LogP) is 3.11. The summed E-state index contributed by atoms with van der Waals surface area (Å²) in [4.78, 5) is 11.9. The summed E-state index contributed by atoms with van der Waals surface area (Å²) in [5.74, 6) is -0.576. The Hall–Kier alpha value is -1.03. The Labute approximate surface area is 145 Å². The van der Waals surface area contributed by atoms with Crippen molar-refractivity contribution in [2.24, 2.45) is 5.14 Å². The molecule has 0 unspecified atom stereocenters. The van der Waals surface area contributed by atoms with Crippen LogP contribution >= 0.6 is 46.1 Å². The molecule has 22 heavy (non-hydrogen) atoms. The smallest absolute Gasteiger partial charge is 0.270 e. The van der Waals surface area contributed by atoms with Crippen LogP contribution in [0.5, 0.6) is 0 Å². The van der Waals surface area contributed by atoms with E-state index in [9.17, 15) is 13.2 Å². The van der Waals surface area contributed by atoms with Gasteiger partial charge in [-0.25, -0.2) is 13.6 Å². The van der Waals surface area contributed by atoms with Crippen molar-refractivity contribution in [3.8, 4) is 0 Å². The molecule has 0 saturated heterocycles. The van der Waals surface area contributed by atoms with E-state index < -0.39 is 15.9 Å². The van der Waals surface area contributed by atoms with Crippen LogP contribution in [0.25, 0.3) is 0 Å². The number of primary sulfonamides is 1. The zero-order valence-corrected chi connectivity index (χ0v) is 14.5. The molecular formula is C11H8Cl3N3O3S2. The van der Waals surface area contributed by atoms with Crippen molar-refractivity contribution >= 4 is 67.8 Å². The Kier molecular flexibility index (Phi) is 5.21. The number of carbonyl (C=O) groups excluding carboxylic acids is 1. The summed E-state index contributed by atoms with van der Waals surface area (Å²) in [7, 11) is -3.84. The van der Waals surface area contributed by atoms with Crippen molar-refractivity contribution in [3.05, 3.63) is 44.2 Å². The van der Waals surface area contributed by atoms with Crippen LogP contribution in [0.15, 0.2) is 27.8 Å². The van der Waals surface area contributed by atoms with Gasteiger partial charge in [0.25, 0.3) is 5.91 Å². The summed E-state index contributed by atoms with van der Waals surface area (Å²) in [6.07, 6.45) is 0. The van der Waals surface area contributed by atoms with Crippen molar-refractivity contribution in [3.63, 3.8) is 0 Å².